The molecule has 0 spiro atoms. The topological polar surface area (TPSA) is 75.7 Å². The molecule has 1 aliphatic rings. The molecule has 1 aliphatic heterocycles. The maximum atomic E-state index is 13.1. The summed E-state index contributed by atoms with van der Waals surface area (Å²) < 4.78 is 34.4. The summed E-state index contributed by atoms with van der Waals surface area (Å²) in [6.07, 6.45) is 0. The van der Waals surface area contributed by atoms with Crippen LogP contribution in [0.2, 0.25) is 0 Å². The highest BCUT2D eigenvalue weighted by Gasteiger charge is 2.38. The van der Waals surface area contributed by atoms with Crippen molar-refractivity contribution in [2.24, 2.45) is 11.3 Å². The highest BCUT2D eigenvalue weighted by atomic mass is 32.2. The molecule has 2 aromatic carbocycles. The SMILES string of the molecule is Cc1ccc(S(=O)(=O)Nc2ccc3c(c2)OCC(C)(C)C(=O)N3CC(C)C)c(C)c1. The Bertz CT molecular complexity index is 1070. The molecule has 1 N–H and O–H groups in total. The van der Waals surface area contributed by atoms with E-state index < -0.39 is 15.4 Å². The highest BCUT2D eigenvalue weighted by Crippen LogP contribution is 2.39. The first-order valence-electron chi connectivity index (χ1n) is 10.1. The molecule has 0 saturated heterocycles. The third kappa shape index (κ3) is 4.46. The molecule has 0 aromatic heterocycles. The van der Waals surface area contributed by atoms with E-state index in [-0.39, 0.29) is 23.3 Å². The first-order chi connectivity index (χ1) is 13.9. The van der Waals surface area contributed by atoms with Crippen LogP contribution in [0.5, 0.6) is 5.75 Å². The summed E-state index contributed by atoms with van der Waals surface area (Å²) in [5.74, 6) is 0.771. The quantitative estimate of drug-likeness (QED) is 0.757. The van der Waals surface area contributed by atoms with Gasteiger partial charge in [0.2, 0.25) is 5.91 Å². The number of hydrogen-bond acceptors (Lipinski definition) is 4. The number of sulfonamides is 1. The summed E-state index contributed by atoms with van der Waals surface area (Å²) in [6.45, 7) is 12.3. The van der Waals surface area contributed by atoms with Gasteiger partial charge in [-0.25, -0.2) is 8.42 Å². The van der Waals surface area contributed by atoms with Gasteiger partial charge in [-0.2, -0.15) is 0 Å². The second-order valence-corrected chi connectivity index (χ2v) is 10.7. The fourth-order valence-corrected chi connectivity index (χ4v) is 4.85. The van der Waals surface area contributed by atoms with Gasteiger partial charge in [-0.05, 0) is 57.4 Å². The lowest BCUT2D eigenvalue weighted by molar-refractivity contribution is -0.127. The third-order valence-corrected chi connectivity index (χ3v) is 6.62. The van der Waals surface area contributed by atoms with Crippen molar-refractivity contribution in [3.63, 3.8) is 0 Å². The third-order valence-electron chi connectivity index (χ3n) is 5.08. The number of ether oxygens (including phenoxy) is 1. The van der Waals surface area contributed by atoms with Crippen LogP contribution in [0.1, 0.15) is 38.8 Å². The Hall–Kier alpha value is -2.54. The number of nitrogens with zero attached hydrogens (tertiary/aromatic N) is 1. The molecule has 0 saturated carbocycles. The summed E-state index contributed by atoms with van der Waals surface area (Å²) >= 11 is 0. The van der Waals surface area contributed by atoms with Crippen molar-refractivity contribution in [2.45, 2.75) is 46.4 Å². The smallest absolute Gasteiger partial charge is 0.262 e. The first-order valence-corrected chi connectivity index (χ1v) is 11.6. The predicted molar refractivity (Wildman–Crippen MR) is 120 cm³/mol. The molecular weight excluding hydrogens is 400 g/mol. The Morgan fingerprint density at radius 2 is 1.83 bits per heavy atom. The van der Waals surface area contributed by atoms with Crippen molar-refractivity contribution in [3.05, 3.63) is 47.5 Å². The lowest BCUT2D eigenvalue weighted by Gasteiger charge is -2.29. The molecule has 162 valence electrons. The number of carbonyl (C=O) groups is 1. The number of amides is 1. The van der Waals surface area contributed by atoms with Crippen LogP contribution in [-0.2, 0) is 14.8 Å². The Labute approximate surface area is 179 Å². The van der Waals surface area contributed by atoms with Gasteiger partial charge >= 0.3 is 0 Å². The van der Waals surface area contributed by atoms with E-state index in [4.69, 9.17) is 4.74 Å². The zero-order valence-corrected chi connectivity index (χ0v) is 19.3. The highest BCUT2D eigenvalue weighted by molar-refractivity contribution is 7.92. The average molecular weight is 431 g/mol. The van der Waals surface area contributed by atoms with Crippen molar-refractivity contribution in [1.82, 2.24) is 0 Å². The molecule has 0 unspecified atom stereocenters. The van der Waals surface area contributed by atoms with Crippen molar-refractivity contribution in [1.29, 1.82) is 0 Å². The van der Waals surface area contributed by atoms with E-state index >= 15 is 0 Å². The first kappa shape index (κ1) is 22.2. The van der Waals surface area contributed by atoms with Crippen LogP contribution < -0.4 is 14.4 Å². The number of nitrogens with one attached hydrogen (secondary N) is 1. The standard InChI is InChI=1S/C23H30N2O4S/c1-15(2)13-25-19-9-8-18(12-20(19)29-14-23(5,6)22(25)26)24-30(27,28)21-10-7-16(3)11-17(21)4/h7-12,15,24H,13-14H2,1-6H3. The minimum atomic E-state index is -3.75. The number of fused-ring (bicyclic) bond motifs is 1. The van der Waals surface area contributed by atoms with Crippen LogP contribution in [0.3, 0.4) is 0 Å². The van der Waals surface area contributed by atoms with Gasteiger partial charge in [0.05, 0.1) is 21.7 Å². The van der Waals surface area contributed by atoms with Crippen LogP contribution in [0, 0.1) is 25.2 Å². The van der Waals surface area contributed by atoms with E-state index in [0.717, 1.165) is 5.56 Å². The zero-order valence-electron chi connectivity index (χ0n) is 18.4. The summed E-state index contributed by atoms with van der Waals surface area (Å²) in [6, 6.07) is 10.3. The molecule has 0 radical (unpaired) electrons. The molecule has 1 amide bonds. The van der Waals surface area contributed by atoms with Crippen LogP contribution in [0.15, 0.2) is 41.3 Å². The number of benzene rings is 2. The van der Waals surface area contributed by atoms with Gasteiger partial charge in [-0.15, -0.1) is 0 Å². The average Bonchev–Trinajstić information content (AvgIpc) is 2.71. The maximum absolute atomic E-state index is 13.1. The summed E-state index contributed by atoms with van der Waals surface area (Å²) in [4.78, 5) is 15.0. The molecule has 2 aromatic rings. The molecule has 6 nitrogen and oxygen atoms in total. The largest absolute Gasteiger partial charge is 0.490 e. The van der Waals surface area contributed by atoms with Gasteiger partial charge in [-0.3, -0.25) is 9.52 Å². The molecule has 0 aliphatic carbocycles. The Balaban J connectivity index is 1.97. The second-order valence-electron chi connectivity index (χ2n) is 9.04. The molecule has 7 heteroatoms. The van der Waals surface area contributed by atoms with Gasteiger partial charge in [0.25, 0.3) is 10.0 Å². The fourth-order valence-electron chi connectivity index (χ4n) is 3.57. The van der Waals surface area contributed by atoms with E-state index in [2.05, 4.69) is 18.6 Å². The summed E-state index contributed by atoms with van der Waals surface area (Å²) in [5, 5.41) is 0. The second kappa shape index (κ2) is 7.95. The number of rotatable bonds is 5. The lowest BCUT2D eigenvalue weighted by atomic mass is 9.92. The zero-order chi connectivity index (χ0) is 22.3. The monoisotopic (exact) mass is 430 g/mol. The van der Waals surface area contributed by atoms with E-state index in [9.17, 15) is 13.2 Å². The van der Waals surface area contributed by atoms with Gasteiger partial charge in [0.1, 0.15) is 12.4 Å². The van der Waals surface area contributed by atoms with Crippen molar-refractivity contribution in [2.75, 3.05) is 22.8 Å². The Kier molecular flexibility index (Phi) is 5.87. The van der Waals surface area contributed by atoms with Gasteiger partial charge in [0.15, 0.2) is 0 Å². The van der Waals surface area contributed by atoms with E-state index in [1.165, 1.54) is 0 Å². The molecule has 30 heavy (non-hydrogen) atoms. The normalized spacial score (nSPS) is 16.1. The molecule has 0 fully saturated rings. The van der Waals surface area contributed by atoms with Crippen LogP contribution in [0.25, 0.3) is 0 Å². The van der Waals surface area contributed by atoms with Crippen LogP contribution in [-0.4, -0.2) is 27.5 Å². The van der Waals surface area contributed by atoms with Gasteiger partial charge < -0.3 is 9.64 Å². The van der Waals surface area contributed by atoms with Crippen LogP contribution in [0.4, 0.5) is 11.4 Å². The minimum absolute atomic E-state index is 0.00133. The summed E-state index contributed by atoms with van der Waals surface area (Å²) in [7, 11) is -3.75. The van der Waals surface area contributed by atoms with E-state index in [1.54, 1.807) is 42.2 Å². The maximum Gasteiger partial charge on any atom is 0.262 e. The number of carbonyl (C=O) groups excluding carboxylic acids is 1. The molecule has 1 heterocycles. The molecule has 0 atom stereocenters. The van der Waals surface area contributed by atoms with Crippen molar-refractivity contribution in [3.8, 4) is 5.75 Å². The van der Waals surface area contributed by atoms with Crippen molar-refractivity contribution >= 4 is 27.3 Å². The van der Waals surface area contributed by atoms with Crippen molar-refractivity contribution < 1.29 is 17.9 Å². The minimum Gasteiger partial charge on any atom is -0.490 e. The Morgan fingerprint density at radius 1 is 1.13 bits per heavy atom. The van der Waals surface area contributed by atoms with E-state index in [0.29, 0.717) is 29.2 Å². The van der Waals surface area contributed by atoms with Gasteiger partial charge in [0, 0.05) is 12.6 Å². The Morgan fingerprint density at radius 3 is 2.47 bits per heavy atom. The molecule has 0 bridgehead atoms. The molecular formula is C23H30N2O4S. The number of hydrogen-bond donors (Lipinski definition) is 1. The van der Waals surface area contributed by atoms with Crippen LogP contribution >= 0.6 is 0 Å². The van der Waals surface area contributed by atoms with Gasteiger partial charge in [-0.1, -0.05) is 31.5 Å². The lowest BCUT2D eigenvalue weighted by Crippen LogP contribution is -2.43. The summed E-state index contributed by atoms with van der Waals surface area (Å²) in [5.41, 5.74) is 2.07. The fraction of sp³-hybridized carbons (Fsp3) is 0.435. The molecule has 3 rings (SSSR count). The van der Waals surface area contributed by atoms with E-state index in [1.807, 2.05) is 26.8 Å². The number of anilines is 2. The number of aryl methyl sites for hydroxylation is 2. The predicted octanol–water partition coefficient (Wildman–Crippen LogP) is 4.51.